The lowest BCUT2D eigenvalue weighted by Crippen LogP contribution is -2.36. The molecule has 0 aliphatic heterocycles. The highest BCUT2D eigenvalue weighted by Gasteiger charge is 2.33. The lowest BCUT2D eigenvalue weighted by atomic mass is 9.69. The van der Waals surface area contributed by atoms with Gasteiger partial charge in [-0.05, 0) is 64.5 Å². The Morgan fingerprint density at radius 3 is 2.69 bits per heavy atom. The van der Waals surface area contributed by atoms with Gasteiger partial charge >= 0.3 is 0 Å². The minimum absolute atomic E-state index is 0.375. The van der Waals surface area contributed by atoms with E-state index in [1.54, 1.807) is 0 Å². The van der Waals surface area contributed by atoms with Crippen LogP contribution in [0.4, 0.5) is 0 Å². The number of rotatable bonds is 3. The molecule has 0 saturated heterocycles. The summed E-state index contributed by atoms with van der Waals surface area (Å²) in [5, 5.41) is 2.16. The Labute approximate surface area is 111 Å². The molecule has 2 rings (SSSR count). The Kier molecular flexibility index (Phi) is 4.09. The topological polar surface area (TPSA) is 26.0 Å². The minimum atomic E-state index is 0.375. The van der Waals surface area contributed by atoms with Crippen LogP contribution in [-0.2, 0) is 6.42 Å². The van der Waals surface area contributed by atoms with E-state index in [-0.39, 0.29) is 0 Å². The lowest BCUT2D eigenvalue weighted by Gasteiger charge is -2.38. The lowest BCUT2D eigenvalue weighted by molar-refractivity contribution is 0.164. The van der Waals surface area contributed by atoms with Gasteiger partial charge in [0.15, 0.2) is 0 Å². The van der Waals surface area contributed by atoms with Crippen molar-refractivity contribution in [2.24, 2.45) is 17.1 Å². The van der Waals surface area contributed by atoms with Gasteiger partial charge in [0.1, 0.15) is 0 Å². The van der Waals surface area contributed by atoms with Crippen molar-refractivity contribution in [1.82, 2.24) is 0 Å². The predicted molar refractivity (Wildman–Crippen MR) is 74.8 cm³/mol. The quantitative estimate of drug-likeness (QED) is 0.889. The SMILES string of the molecule is CC1CCC(CN)(Cc2sccc2Br)CC1. The summed E-state index contributed by atoms with van der Waals surface area (Å²) in [6.45, 7) is 3.20. The molecule has 1 aliphatic carbocycles. The second-order valence-electron chi connectivity index (χ2n) is 5.26. The van der Waals surface area contributed by atoms with Gasteiger partial charge in [-0.25, -0.2) is 0 Å². The van der Waals surface area contributed by atoms with Crippen molar-refractivity contribution >= 4 is 27.3 Å². The van der Waals surface area contributed by atoms with Crippen molar-refractivity contribution in [3.05, 3.63) is 20.8 Å². The van der Waals surface area contributed by atoms with Gasteiger partial charge in [0.05, 0.1) is 0 Å². The van der Waals surface area contributed by atoms with Gasteiger partial charge in [0.25, 0.3) is 0 Å². The smallest absolute Gasteiger partial charge is 0.0314 e. The van der Waals surface area contributed by atoms with E-state index in [0.717, 1.165) is 18.9 Å². The first-order valence-corrected chi connectivity index (χ1v) is 7.74. The van der Waals surface area contributed by atoms with Crippen molar-refractivity contribution in [2.75, 3.05) is 6.54 Å². The van der Waals surface area contributed by atoms with Gasteiger partial charge in [-0.1, -0.05) is 19.8 Å². The molecule has 1 aromatic rings. The molecular formula is C13H20BrNS. The summed E-state index contributed by atoms with van der Waals surface area (Å²) in [4.78, 5) is 1.47. The molecule has 0 spiro atoms. The second kappa shape index (κ2) is 5.19. The maximum absolute atomic E-state index is 6.04. The third-order valence-corrected chi connectivity index (χ3v) is 5.92. The van der Waals surface area contributed by atoms with E-state index in [4.69, 9.17) is 5.73 Å². The molecule has 1 heterocycles. The second-order valence-corrected chi connectivity index (χ2v) is 7.11. The van der Waals surface area contributed by atoms with Gasteiger partial charge < -0.3 is 5.73 Å². The Bertz CT molecular complexity index is 339. The maximum atomic E-state index is 6.04. The van der Waals surface area contributed by atoms with Crippen LogP contribution in [0.5, 0.6) is 0 Å². The fourth-order valence-electron chi connectivity index (χ4n) is 2.62. The largest absolute Gasteiger partial charge is 0.330 e. The summed E-state index contributed by atoms with van der Waals surface area (Å²) in [5.41, 5.74) is 6.41. The van der Waals surface area contributed by atoms with Gasteiger partial charge in [0.2, 0.25) is 0 Å². The number of thiophene rings is 1. The summed E-state index contributed by atoms with van der Waals surface area (Å²) in [7, 11) is 0. The Hall–Kier alpha value is 0.140. The van der Waals surface area contributed by atoms with Gasteiger partial charge in [-0.15, -0.1) is 11.3 Å². The molecule has 1 aromatic heterocycles. The molecule has 0 amide bonds. The van der Waals surface area contributed by atoms with Crippen LogP contribution in [0.15, 0.2) is 15.9 Å². The molecule has 0 radical (unpaired) electrons. The molecule has 1 nitrogen and oxygen atoms in total. The number of nitrogens with two attached hydrogens (primary N) is 1. The zero-order valence-corrected chi connectivity index (χ0v) is 12.2. The third kappa shape index (κ3) is 2.69. The van der Waals surface area contributed by atoms with Crippen LogP contribution in [0, 0.1) is 11.3 Å². The van der Waals surface area contributed by atoms with E-state index in [1.165, 1.54) is 35.0 Å². The van der Waals surface area contributed by atoms with Crippen molar-refractivity contribution in [3.63, 3.8) is 0 Å². The zero-order valence-electron chi connectivity index (χ0n) is 9.84. The van der Waals surface area contributed by atoms with Crippen molar-refractivity contribution in [1.29, 1.82) is 0 Å². The van der Waals surface area contributed by atoms with Gasteiger partial charge in [-0.2, -0.15) is 0 Å². The van der Waals surface area contributed by atoms with Crippen molar-refractivity contribution in [3.8, 4) is 0 Å². The predicted octanol–water partition coefficient (Wildman–Crippen LogP) is 4.21. The highest BCUT2D eigenvalue weighted by atomic mass is 79.9. The monoisotopic (exact) mass is 301 g/mol. The highest BCUT2D eigenvalue weighted by Crippen LogP contribution is 2.42. The van der Waals surface area contributed by atoms with E-state index >= 15 is 0 Å². The molecule has 0 aromatic carbocycles. The van der Waals surface area contributed by atoms with E-state index in [0.29, 0.717) is 5.41 Å². The average Bonchev–Trinajstić information content (AvgIpc) is 2.68. The molecule has 1 saturated carbocycles. The molecule has 3 heteroatoms. The fraction of sp³-hybridized carbons (Fsp3) is 0.692. The van der Waals surface area contributed by atoms with Crippen LogP contribution in [0.2, 0.25) is 0 Å². The van der Waals surface area contributed by atoms with Crippen LogP contribution in [-0.4, -0.2) is 6.54 Å². The van der Waals surface area contributed by atoms with Crippen LogP contribution in [0.3, 0.4) is 0 Å². The highest BCUT2D eigenvalue weighted by molar-refractivity contribution is 9.10. The Morgan fingerprint density at radius 1 is 1.50 bits per heavy atom. The molecule has 0 unspecified atom stereocenters. The molecule has 90 valence electrons. The first-order valence-electron chi connectivity index (χ1n) is 6.07. The standard InChI is InChI=1S/C13H20BrNS/c1-10-2-5-13(9-15,6-3-10)8-12-11(14)4-7-16-12/h4,7,10H,2-3,5-6,8-9,15H2,1H3. The molecule has 16 heavy (non-hydrogen) atoms. The minimum Gasteiger partial charge on any atom is -0.330 e. The summed E-state index contributed by atoms with van der Waals surface area (Å²) in [6, 6.07) is 2.15. The fourth-order valence-corrected chi connectivity index (χ4v) is 4.29. The zero-order chi connectivity index (χ0) is 11.6. The van der Waals surface area contributed by atoms with E-state index < -0.39 is 0 Å². The Balaban J connectivity index is 2.08. The van der Waals surface area contributed by atoms with Gasteiger partial charge in [-0.3, -0.25) is 0 Å². The normalized spacial score (nSPS) is 30.6. The summed E-state index contributed by atoms with van der Waals surface area (Å²) < 4.78 is 1.27. The number of hydrogen-bond donors (Lipinski definition) is 1. The van der Waals surface area contributed by atoms with Crippen LogP contribution in [0.25, 0.3) is 0 Å². The summed E-state index contributed by atoms with van der Waals surface area (Å²) in [6.07, 6.45) is 6.46. The first kappa shape index (κ1) is 12.6. The molecule has 1 aliphatic rings. The van der Waals surface area contributed by atoms with Crippen LogP contribution >= 0.6 is 27.3 Å². The maximum Gasteiger partial charge on any atom is 0.0314 e. The van der Waals surface area contributed by atoms with Crippen molar-refractivity contribution in [2.45, 2.75) is 39.0 Å². The Morgan fingerprint density at radius 2 is 2.19 bits per heavy atom. The summed E-state index contributed by atoms with van der Waals surface area (Å²) in [5.74, 6) is 0.895. The van der Waals surface area contributed by atoms with Crippen molar-refractivity contribution < 1.29 is 0 Å². The molecule has 2 N–H and O–H groups in total. The van der Waals surface area contributed by atoms with E-state index in [2.05, 4.69) is 34.3 Å². The molecule has 0 atom stereocenters. The average molecular weight is 302 g/mol. The van der Waals surface area contributed by atoms with Crippen LogP contribution < -0.4 is 5.73 Å². The van der Waals surface area contributed by atoms with E-state index in [9.17, 15) is 0 Å². The number of hydrogen-bond acceptors (Lipinski definition) is 2. The third-order valence-electron chi connectivity index (χ3n) is 3.99. The van der Waals surface area contributed by atoms with Crippen LogP contribution in [0.1, 0.15) is 37.5 Å². The van der Waals surface area contributed by atoms with E-state index in [1.807, 2.05) is 11.3 Å². The molecule has 0 bridgehead atoms. The first-order chi connectivity index (χ1) is 7.65. The summed E-state index contributed by atoms with van der Waals surface area (Å²) >= 11 is 5.48. The van der Waals surface area contributed by atoms with Gasteiger partial charge in [0, 0.05) is 9.35 Å². The molecular weight excluding hydrogens is 282 g/mol. The number of halogens is 1. The molecule has 1 fully saturated rings.